The number of carbonyl (C=O) groups is 2. The fourth-order valence-electron chi connectivity index (χ4n) is 1.31. The van der Waals surface area contributed by atoms with E-state index in [4.69, 9.17) is 5.11 Å². The number of hydrogen-bond donors (Lipinski definition) is 2. The molecule has 0 aromatic heterocycles. The Balaban J connectivity index is 2.38. The van der Waals surface area contributed by atoms with Crippen LogP contribution in [0.1, 0.15) is 0 Å². The van der Waals surface area contributed by atoms with Crippen molar-refractivity contribution in [1.82, 2.24) is 0 Å². The highest BCUT2D eigenvalue weighted by molar-refractivity contribution is 6.38. The molecule has 2 saturated heterocycles. The Morgan fingerprint density at radius 1 is 1.50 bits per heavy atom. The Labute approximate surface area is 66.7 Å². The van der Waals surface area contributed by atoms with Gasteiger partial charge in [-0.1, -0.05) is 0 Å². The van der Waals surface area contributed by atoms with Gasteiger partial charge in [0, 0.05) is 0 Å². The molecule has 0 radical (unpaired) electrons. The maximum absolute atomic E-state index is 10.9. The summed E-state index contributed by atoms with van der Waals surface area (Å²) in [5, 5.41) is 18.4. The van der Waals surface area contributed by atoms with Crippen molar-refractivity contribution < 1.29 is 29.3 Å². The largest absolute Gasteiger partial charge is 0.447 e. The predicted molar refractivity (Wildman–Crippen MR) is 31.8 cm³/mol. The van der Waals surface area contributed by atoms with Gasteiger partial charge in [0.2, 0.25) is 0 Å². The fourth-order valence-corrected chi connectivity index (χ4v) is 1.31. The van der Waals surface area contributed by atoms with Gasteiger partial charge in [-0.15, -0.1) is 0 Å². The Hall–Kier alpha value is -0.980. The minimum Gasteiger partial charge on any atom is -0.447 e. The van der Waals surface area contributed by atoms with Crippen LogP contribution in [0, 0.1) is 0 Å². The first-order valence-corrected chi connectivity index (χ1v) is 3.35. The second kappa shape index (κ2) is 2.03. The van der Waals surface area contributed by atoms with E-state index in [1.165, 1.54) is 0 Å². The van der Waals surface area contributed by atoms with Crippen LogP contribution in [0.25, 0.3) is 0 Å². The number of aliphatic hydroxyl groups excluding tert-OH is 1. The normalized spacial score (nSPS) is 46.2. The van der Waals surface area contributed by atoms with E-state index in [1.54, 1.807) is 0 Å². The first kappa shape index (κ1) is 7.66. The number of fused-ring (bicyclic) bond motifs is 1. The third-order valence-corrected chi connectivity index (χ3v) is 1.95. The molecule has 6 nitrogen and oxygen atoms in total. The molecule has 1 unspecified atom stereocenters. The predicted octanol–water partition coefficient (Wildman–Crippen LogP) is -2.44. The van der Waals surface area contributed by atoms with E-state index in [2.05, 4.69) is 9.47 Å². The number of ketones is 1. The second-order valence-corrected chi connectivity index (χ2v) is 2.73. The van der Waals surface area contributed by atoms with Crippen LogP contribution < -0.4 is 0 Å². The van der Waals surface area contributed by atoms with Crippen LogP contribution in [0.4, 0.5) is 0 Å². The van der Waals surface area contributed by atoms with Crippen LogP contribution in [-0.2, 0) is 19.1 Å². The number of Topliss-reactive ketones (excluding diaryl/α,β-unsaturated/α-hetero) is 1. The lowest BCUT2D eigenvalue weighted by Gasteiger charge is -2.15. The summed E-state index contributed by atoms with van der Waals surface area (Å²) in [6.07, 6.45) is -2.40. The third kappa shape index (κ3) is 0.689. The van der Waals surface area contributed by atoms with Crippen molar-refractivity contribution >= 4 is 11.8 Å². The van der Waals surface area contributed by atoms with Gasteiger partial charge in [0.1, 0.15) is 6.10 Å². The molecule has 2 rings (SSSR count). The van der Waals surface area contributed by atoms with E-state index in [0.29, 0.717) is 0 Å². The molecule has 66 valence electrons. The number of rotatable bonds is 0. The molecule has 0 aliphatic carbocycles. The number of esters is 1. The van der Waals surface area contributed by atoms with Gasteiger partial charge in [0.15, 0.2) is 6.10 Å². The Morgan fingerprint density at radius 3 is 2.75 bits per heavy atom. The van der Waals surface area contributed by atoms with Crippen molar-refractivity contribution in [3.05, 3.63) is 0 Å². The second-order valence-electron chi connectivity index (χ2n) is 2.73. The minimum absolute atomic E-state index is 0.208. The Bertz CT molecular complexity index is 261. The standard InChI is InChI=1S/C6H6O6/c7-2-1-11-6(10)3(8)5(9)12-4(2)6/h2,4,7,10H,1H2/t2-,4+,6?/m0/s1. The number of ether oxygens (including phenoxy) is 2. The van der Waals surface area contributed by atoms with Gasteiger partial charge in [0.25, 0.3) is 5.79 Å². The Morgan fingerprint density at radius 2 is 2.17 bits per heavy atom. The van der Waals surface area contributed by atoms with Crippen LogP contribution in [0.5, 0.6) is 0 Å². The maximum Gasteiger partial charge on any atom is 0.381 e. The molecule has 0 aromatic carbocycles. The molecule has 2 fully saturated rings. The molecule has 12 heavy (non-hydrogen) atoms. The summed E-state index contributed by atoms with van der Waals surface area (Å²) in [5.41, 5.74) is 0. The van der Waals surface area contributed by atoms with Gasteiger partial charge in [-0.3, -0.25) is 4.79 Å². The monoisotopic (exact) mass is 174 g/mol. The lowest BCUT2D eigenvalue weighted by Crippen LogP contribution is -2.44. The molecule has 0 bridgehead atoms. The smallest absolute Gasteiger partial charge is 0.381 e. The van der Waals surface area contributed by atoms with Crippen molar-refractivity contribution in [2.24, 2.45) is 0 Å². The van der Waals surface area contributed by atoms with Crippen molar-refractivity contribution in [3.8, 4) is 0 Å². The van der Waals surface area contributed by atoms with E-state index in [1.807, 2.05) is 0 Å². The van der Waals surface area contributed by atoms with Crippen LogP contribution in [0.15, 0.2) is 0 Å². The first-order chi connectivity index (χ1) is 5.55. The van der Waals surface area contributed by atoms with Crippen molar-refractivity contribution in [2.45, 2.75) is 18.0 Å². The molecule has 2 aliphatic heterocycles. The summed E-state index contributed by atoms with van der Waals surface area (Å²) in [7, 11) is 0. The van der Waals surface area contributed by atoms with E-state index >= 15 is 0 Å². The van der Waals surface area contributed by atoms with Crippen LogP contribution in [0.2, 0.25) is 0 Å². The SMILES string of the molecule is O=C1O[C@@H]2[C@@H](O)COC2(O)C1=O. The molecule has 2 aliphatic rings. The summed E-state index contributed by atoms with van der Waals surface area (Å²) in [6, 6.07) is 0. The lowest BCUT2D eigenvalue weighted by atomic mass is 10.1. The average molecular weight is 174 g/mol. The van der Waals surface area contributed by atoms with E-state index in [0.717, 1.165) is 0 Å². The molecule has 0 saturated carbocycles. The highest BCUT2D eigenvalue weighted by Crippen LogP contribution is 2.33. The molecular formula is C6H6O6. The van der Waals surface area contributed by atoms with Crippen molar-refractivity contribution in [3.63, 3.8) is 0 Å². The zero-order chi connectivity index (χ0) is 8.93. The molecule has 0 amide bonds. The summed E-state index contributed by atoms with van der Waals surface area (Å²) in [5.74, 6) is -4.57. The highest BCUT2D eigenvalue weighted by atomic mass is 16.7. The summed E-state index contributed by atoms with van der Waals surface area (Å²) in [6.45, 7) is -0.208. The number of carbonyl (C=O) groups excluding carboxylic acids is 2. The number of aliphatic hydroxyl groups is 2. The van der Waals surface area contributed by atoms with Crippen LogP contribution >= 0.6 is 0 Å². The van der Waals surface area contributed by atoms with Gasteiger partial charge >= 0.3 is 11.8 Å². The molecule has 0 spiro atoms. The van der Waals surface area contributed by atoms with Gasteiger partial charge in [0.05, 0.1) is 6.61 Å². The molecule has 2 N–H and O–H groups in total. The van der Waals surface area contributed by atoms with E-state index in [-0.39, 0.29) is 6.61 Å². The fraction of sp³-hybridized carbons (Fsp3) is 0.667. The van der Waals surface area contributed by atoms with E-state index in [9.17, 15) is 14.7 Å². The highest BCUT2D eigenvalue weighted by Gasteiger charge is 2.64. The summed E-state index contributed by atoms with van der Waals surface area (Å²) in [4.78, 5) is 21.5. The molecule has 6 heteroatoms. The van der Waals surface area contributed by atoms with Gasteiger partial charge in [-0.05, 0) is 0 Å². The summed E-state index contributed by atoms with van der Waals surface area (Å²) >= 11 is 0. The maximum atomic E-state index is 10.9. The topological polar surface area (TPSA) is 93.1 Å². The van der Waals surface area contributed by atoms with Crippen molar-refractivity contribution in [1.29, 1.82) is 0 Å². The molecule has 2 heterocycles. The van der Waals surface area contributed by atoms with Crippen LogP contribution in [-0.4, -0.2) is 46.6 Å². The van der Waals surface area contributed by atoms with Gasteiger partial charge < -0.3 is 19.7 Å². The zero-order valence-corrected chi connectivity index (χ0v) is 5.89. The summed E-state index contributed by atoms with van der Waals surface area (Å²) < 4.78 is 8.97. The average Bonchev–Trinajstić information content (AvgIpc) is 2.42. The molecule has 0 aromatic rings. The van der Waals surface area contributed by atoms with E-state index < -0.39 is 29.7 Å². The van der Waals surface area contributed by atoms with Crippen LogP contribution in [0.3, 0.4) is 0 Å². The minimum atomic E-state index is -2.25. The quantitative estimate of drug-likeness (QED) is 0.313. The van der Waals surface area contributed by atoms with Gasteiger partial charge in [-0.25, -0.2) is 4.79 Å². The Kier molecular flexibility index (Phi) is 1.30. The zero-order valence-electron chi connectivity index (χ0n) is 5.89. The third-order valence-electron chi connectivity index (χ3n) is 1.95. The lowest BCUT2D eigenvalue weighted by molar-refractivity contribution is -0.190. The molecular weight excluding hydrogens is 168 g/mol. The molecule has 3 atom stereocenters. The first-order valence-electron chi connectivity index (χ1n) is 3.35. The number of hydrogen-bond acceptors (Lipinski definition) is 6. The van der Waals surface area contributed by atoms with Crippen molar-refractivity contribution in [2.75, 3.05) is 6.61 Å². The van der Waals surface area contributed by atoms with Gasteiger partial charge in [-0.2, -0.15) is 0 Å².